The van der Waals surface area contributed by atoms with Crippen molar-refractivity contribution in [2.24, 2.45) is 11.1 Å². The normalized spacial score (nSPS) is 19.1. The monoisotopic (exact) mass is 249 g/mol. The van der Waals surface area contributed by atoms with Crippen molar-refractivity contribution >= 4 is 0 Å². The lowest BCUT2D eigenvalue weighted by atomic mass is 9.80. The van der Waals surface area contributed by atoms with Crippen LogP contribution in [-0.2, 0) is 11.3 Å². The smallest absolute Gasteiger partial charge is 0.0472 e. The van der Waals surface area contributed by atoms with Crippen LogP contribution in [0.3, 0.4) is 0 Å². The lowest BCUT2D eigenvalue weighted by Gasteiger charge is -2.39. The summed E-state index contributed by atoms with van der Waals surface area (Å²) in [6.45, 7) is 4.39. The molecule has 0 aromatic carbocycles. The van der Waals surface area contributed by atoms with E-state index in [1.807, 2.05) is 18.5 Å². The summed E-state index contributed by atoms with van der Waals surface area (Å²) in [5.41, 5.74) is 7.47. The van der Waals surface area contributed by atoms with Crippen LogP contribution < -0.4 is 5.73 Å². The van der Waals surface area contributed by atoms with Crippen molar-refractivity contribution in [3.63, 3.8) is 0 Å². The summed E-state index contributed by atoms with van der Waals surface area (Å²) in [5, 5.41) is 0. The number of nitrogens with zero attached hydrogens (tertiary/aromatic N) is 2. The van der Waals surface area contributed by atoms with Crippen LogP contribution in [0.5, 0.6) is 0 Å². The van der Waals surface area contributed by atoms with Gasteiger partial charge in [0.1, 0.15) is 0 Å². The minimum atomic E-state index is 0.231. The van der Waals surface area contributed by atoms with E-state index in [0.717, 1.165) is 45.7 Å². The van der Waals surface area contributed by atoms with Crippen molar-refractivity contribution in [3.8, 4) is 0 Å². The summed E-state index contributed by atoms with van der Waals surface area (Å²) in [6, 6.07) is 4.10. The van der Waals surface area contributed by atoms with Crippen LogP contribution in [0.15, 0.2) is 24.5 Å². The molecular weight excluding hydrogens is 226 g/mol. The van der Waals surface area contributed by atoms with Crippen LogP contribution in [0.4, 0.5) is 0 Å². The first-order valence-corrected chi connectivity index (χ1v) is 6.59. The molecule has 0 bridgehead atoms. The Morgan fingerprint density at radius 1 is 1.44 bits per heavy atom. The molecule has 1 fully saturated rings. The number of rotatable bonds is 5. The third-order valence-electron chi connectivity index (χ3n) is 3.77. The van der Waals surface area contributed by atoms with E-state index in [-0.39, 0.29) is 5.41 Å². The molecule has 18 heavy (non-hydrogen) atoms. The fourth-order valence-electron chi connectivity index (χ4n) is 2.66. The first-order chi connectivity index (χ1) is 8.74. The summed E-state index contributed by atoms with van der Waals surface area (Å²) in [4.78, 5) is 6.49. The van der Waals surface area contributed by atoms with Gasteiger partial charge in [0, 0.05) is 38.7 Å². The van der Waals surface area contributed by atoms with Gasteiger partial charge in [-0.3, -0.25) is 4.98 Å². The Balaban J connectivity index is 1.91. The molecule has 1 aromatic rings. The standard InChI is InChI=1S/C14H23N3O/c1-17(10-13-3-2-6-16-9-13)12-14(11-15)4-7-18-8-5-14/h2-3,6,9H,4-5,7-8,10-12,15H2,1H3. The van der Waals surface area contributed by atoms with Gasteiger partial charge in [0.25, 0.3) is 0 Å². The van der Waals surface area contributed by atoms with Gasteiger partial charge in [-0.2, -0.15) is 0 Å². The van der Waals surface area contributed by atoms with Crippen molar-refractivity contribution in [3.05, 3.63) is 30.1 Å². The highest BCUT2D eigenvalue weighted by Crippen LogP contribution is 2.30. The molecule has 0 atom stereocenters. The zero-order valence-corrected chi connectivity index (χ0v) is 11.1. The molecule has 1 aliphatic rings. The molecule has 0 unspecified atom stereocenters. The lowest BCUT2D eigenvalue weighted by Crippen LogP contribution is -2.44. The highest BCUT2D eigenvalue weighted by molar-refractivity contribution is 5.08. The quantitative estimate of drug-likeness (QED) is 0.854. The van der Waals surface area contributed by atoms with Gasteiger partial charge in [-0.1, -0.05) is 6.07 Å². The molecule has 2 N–H and O–H groups in total. The van der Waals surface area contributed by atoms with Gasteiger partial charge in [-0.25, -0.2) is 0 Å². The average molecular weight is 249 g/mol. The minimum absolute atomic E-state index is 0.231. The van der Waals surface area contributed by atoms with Crippen molar-refractivity contribution in [2.75, 3.05) is 33.4 Å². The van der Waals surface area contributed by atoms with E-state index in [4.69, 9.17) is 10.5 Å². The molecule has 2 rings (SSSR count). The Morgan fingerprint density at radius 3 is 2.83 bits per heavy atom. The highest BCUT2D eigenvalue weighted by Gasteiger charge is 2.32. The predicted molar refractivity (Wildman–Crippen MR) is 72.1 cm³/mol. The van der Waals surface area contributed by atoms with Crippen LogP contribution in [0.2, 0.25) is 0 Å². The van der Waals surface area contributed by atoms with Crippen LogP contribution >= 0.6 is 0 Å². The molecule has 1 aliphatic heterocycles. The van der Waals surface area contributed by atoms with Crippen molar-refractivity contribution in [1.29, 1.82) is 0 Å². The molecule has 4 nitrogen and oxygen atoms in total. The second-order valence-electron chi connectivity index (χ2n) is 5.35. The Hall–Kier alpha value is -0.970. The molecule has 0 saturated carbocycles. The first-order valence-electron chi connectivity index (χ1n) is 6.59. The number of pyridine rings is 1. The van der Waals surface area contributed by atoms with E-state index in [9.17, 15) is 0 Å². The van der Waals surface area contributed by atoms with Crippen molar-refractivity contribution < 1.29 is 4.74 Å². The van der Waals surface area contributed by atoms with Crippen molar-refractivity contribution in [1.82, 2.24) is 9.88 Å². The first kappa shape index (κ1) is 13.5. The van der Waals surface area contributed by atoms with E-state index in [1.165, 1.54) is 5.56 Å². The Kier molecular flexibility index (Phi) is 4.69. The van der Waals surface area contributed by atoms with Gasteiger partial charge in [-0.05, 0) is 43.5 Å². The van der Waals surface area contributed by atoms with Crippen LogP contribution in [0.25, 0.3) is 0 Å². The number of nitrogens with two attached hydrogens (primary N) is 1. The molecule has 0 aliphatic carbocycles. The third-order valence-corrected chi connectivity index (χ3v) is 3.77. The summed E-state index contributed by atoms with van der Waals surface area (Å²) >= 11 is 0. The summed E-state index contributed by atoms with van der Waals surface area (Å²) in [6.07, 6.45) is 5.88. The van der Waals surface area contributed by atoms with Crippen molar-refractivity contribution in [2.45, 2.75) is 19.4 Å². The van der Waals surface area contributed by atoms with E-state index < -0.39 is 0 Å². The molecule has 100 valence electrons. The predicted octanol–water partition coefficient (Wildman–Crippen LogP) is 1.27. The molecule has 4 heteroatoms. The van der Waals surface area contributed by atoms with Gasteiger partial charge in [0.2, 0.25) is 0 Å². The zero-order valence-electron chi connectivity index (χ0n) is 11.1. The fourth-order valence-corrected chi connectivity index (χ4v) is 2.66. The Labute approximate surface area is 109 Å². The Bertz CT molecular complexity index is 349. The largest absolute Gasteiger partial charge is 0.381 e. The van der Waals surface area contributed by atoms with Gasteiger partial charge < -0.3 is 15.4 Å². The van der Waals surface area contributed by atoms with E-state index in [0.29, 0.717) is 0 Å². The maximum atomic E-state index is 5.99. The third kappa shape index (κ3) is 3.51. The maximum Gasteiger partial charge on any atom is 0.0472 e. The van der Waals surface area contributed by atoms with E-state index in [1.54, 1.807) is 0 Å². The Morgan fingerprint density at radius 2 is 2.22 bits per heavy atom. The fraction of sp³-hybridized carbons (Fsp3) is 0.643. The second-order valence-corrected chi connectivity index (χ2v) is 5.35. The number of hydrogen-bond acceptors (Lipinski definition) is 4. The number of aromatic nitrogens is 1. The number of ether oxygens (including phenoxy) is 1. The second kappa shape index (κ2) is 6.27. The van der Waals surface area contributed by atoms with E-state index in [2.05, 4.69) is 23.0 Å². The molecular formula is C14H23N3O. The lowest BCUT2D eigenvalue weighted by molar-refractivity contribution is 0.00267. The highest BCUT2D eigenvalue weighted by atomic mass is 16.5. The molecule has 1 saturated heterocycles. The van der Waals surface area contributed by atoms with E-state index >= 15 is 0 Å². The van der Waals surface area contributed by atoms with Gasteiger partial charge >= 0.3 is 0 Å². The summed E-state index contributed by atoms with van der Waals surface area (Å²) in [5.74, 6) is 0. The number of hydrogen-bond donors (Lipinski definition) is 1. The average Bonchev–Trinajstić information content (AvgIpc) is 2.41. The maximum absolute atomic E-state index is 5.99. The topological polar surface area (TPSA) is 51.4 Å². The van der Waals surface area contributed by atoms with Gasteiger partial charge in [0.05, 0.1) is 0 Å². The zero-order chi connectivity index (χ0) is 12.8. The molecule has 0 spiro atoms. The molecule has 0 amide bonds. The molecule has 0 radical (unpaired) electrons. The van der Waals surface area contributed by atoms with Crippen LogP contribution in [0, 0.1) is 5.41 Å². The summed E-state index contributed by atoms with van der Waals surface area (Å²) in [7, 11) is 2.15. The van der Waals surface area contributed by atoms with Gasteiger partial charge in [0.15, 0.2) is 0 Å². The minimum Gasteiger partial charge on any atom is -0.381 e. The summed E-state index contributed by atoms with van der Waals surface area (Å²) < 4.78 is 5.44. The van der Waals surface area contributed by atoms with Gasteiger partial charge in [-0.15, -0.1) is 0 Å². The molecule has 1 aromatic heterocycles. The van der Waals surface area contributed by atoms with Crippen LogP contribution in [-0.4, -0.2) is 43.2 Å². The molecule has 2 heterocycles. The van der Waals surface area contributed by atoms with Crippen LogP contribution in [0.1, 0.15) is 18.4 Å². The SMILES string of the molecule is CN(Cc1cccnc1)CC1(CN)CCOCC1.